The molecule has 1 aromatic heterocycles. The molecule has 1 aromatic carbocycles. The summed E-state index contributed by atoms with van der Waals surface area (Å²) < 4.78 is 0. The van der Waals surface area contributed by atoms with E-state index in [1.807, 2.05) is 23.6 Å². The molecule has 1 aliphatic heterocycles. The van der Waals surface area contributed by atoms with Gasteiger partial charge in [0.15, 0.2) is 0 Å². The molecule has 0 spiro atoms. The van der Waals surface area contributed by atoms with Crippen molar-refractivity contribution >= 4 is 34.9 Å². The van der Waals surface area contributed by atoms with Gasteiger partial charge in [-0.25, -0.2) is 4.79 Å². The first-order valence-corrected chi connectivity index (χ1v) is 11.0. The molecular formula is C22H25N3O3S. The number of likely N-dealkylation sites (tertiary alicyclic amines) is 1. The molecule has 0 radical (unpaired) electrons. The Kier molecular flexibility index (Phi) is 5.94. The van der Waals surface area contributed by atoms with Gasteiger partial charge in [-0.15, -0.1) is 11.3 Å². The number of carbonyl (C=O) groups is 3. The number of imide groups is 1. The lowest BCUT2D eigenvalue weighted by molar-refractivity contribution is -0.139. The standard InChI is InChI=1S/C22H25N3O3S/c26-19-11-12-20(27)25(19)14-15-7-9-17(10-8-15)23-22(28)24-21(16-4-1-2-5-16)18-6-3-13-29-18/h3,6-10,13,16,21H,1-2,4-5,11-12,14H2,(H2,23,24,28)/t21-/m1/s1. The fraction of sp³-hybridized carbons (Fsp3) is 0.409. The van der Waals surface area contributed by atoms with Gasteiger partial charge < -0.3 is 10.6 Å². The van der Waals surface area contributed by atoms with Gasteiger partial charge in [0, 0.05) is 23.4 Å². The number of benzene rings is 1. The summed E-state index contributed by atoms with van der Waals surface area (Å²) in [5, 5.41) is 8.11. The Labute approximate surface area is 174 Å². The molecule has 2 fully saturated rings. The lowest BCUT2D eigenvalue weighted by Crippen LogP contribution is -2.35. The van der Waals surface area contributed by atoms with E-state index in [1.165, 1.54) is 22.6 Å². The largest absolute Gasteiger partial charge is 0.330 e. The number of thiophene rings is 1. The molecule has 2 aromatic rings. The van der Waals surface area contributed by atoms with Crippen LogP contribution in [0.4, 0.5) is 10.5 Å². The second kappa shape index (κ2) is 8.78. The van der Waals surface area contributed by atoms with Crippen molar-refractivity contribution in [2.45, 2.75) is 51.1 Å². The van der Waals surface area contributed by atoms with E-state index < -0.39 is 0 Å². The van der Waals surface area contributed by atoms with E-state index in [4.69, 9.17) is 0 Å². The predicted octanol–water partition coefficient (Wildman–Crippen LogP) is 4.45. The predicted molar refractivity (Wildman–Crippen MR) is 112 cm³/mol. The van der Waals surface area contributed by atoms with Crippen LogP contribution in [0.2, 0.25) is 0 Å². The van der Waals surface area contributed by atoms with Crippen LogP contribution in [0.5, 0.6) is 0 Å². The van der Waals surface area contributed by atoms with Crippen LogP contribution in [0, 0.1) is 5.92 Å². The van der Waals surface area contributed by atoms with Crippen molar-refractivity contribution < 1.29 is 14.4 Å². The van der Waals surface area contributed by atoms with E-state index in [-0.39, 0.29) is 30.4 Å². The van der Waals surface area contributed by atoms with E-state index in [9.17, 15) is 14.4 Å². The second-order valence-electron chi connectivity index (χ2n) is 7.71. The Morgan fingerprint density at radius 1 is 1.07 bits per heavy atom. The number of rotatable bonds is 6. The topological polar surface area (TPSA) is 78.5 Å². The highest BCUT2D eigenvalue weighted by Crippen LogP contribution is 2.37. The number of carbonyl (C=O) groups excluding carboxylic acids is 3. The van der Waals surface area contributed by atoms with Gasteiger partial charge in [0.1, 0.15) is 0 Å². The molecular weight excluding hydrogens is 386 g/mol. The van der Waals surface area contributed by atoms with Crippen molar-refractivity contribution in [2.75, 3.05) is 5.32 Å². The van der Waals surface area contributed by atoms with Crippen molar-refractivity contribution in [3.63, 3.8) is 0 Å². The van der Waals surface area contributed by atoms with Crippen LogP contribution < -0.4 is 10.6 Å². The Morgan fingerprint density at radius 3 is 2.38 bits per heavy atom. The van der Waals surface area contributed by atoms with Crippen LogP contribution in [-0.4, -0.2) is 22.7 Å². The lowest BCUT2D eigenvalue weighted by atomic mass is 9.97. The van der Waals surface area contributed by atoms with Crippen LogP contribution >= 0.6 is 11.3 Å². The van der Waals surface area contributed by atoms with Gasteiger partial charge in [-0.1, -0.05) is 31.0 Å². The average Bonchev–Trinajstić information content (AvgIpc) is 3.48. The number of nitrogens with zero attached hydrogens (tertiary/aromatic N) is 1. The van der Waals surface area contributed by atoms with E-state index in [1.54, 1.807) is 23.5 Å². The molecule has 1 atom stereocenters. The fourth-order valence-corrected chi connectivity index (χ4v) is 5.03. The van der Waals surface area contributed by atoms with Gasteiger partial charge in [0.25, 0.3) is 0 Å². The molecule has 7 heteroatoms. The molecule has 4 rings (SSSR count). The third-order valence-corrected chi connectivity index (χ3v) is 6.67. The van der Waals surface area contributed by atoms with E-state index in [0.717, 1.165) is 18.4 Å². The van der Waals surface area contributed by atoms with Crippen molar-refractivity contribution in [3.05, 3.63) is 52.2 Å². The van der Waals surface area contributed by atoms with Gasteiger partial charge in [-0.05, 0) is 47.9 Å². The number of anilines is 1. The maximum atomic E-state index is 12.6. The summed E-state index contributed by atoms with van der Waals surface area (Å²) in [6.45, 7) is 0.284. The Hall–Kier alpha value is -2.67. The molecule has 2 aliphatic rings. The highest BCUT2D eigenvalue weighted by atomic mass is 32.1. The minimum Gasteiger partial charge on any atom is -0.330 e. The summed E-state index contributed by atoms with van der Waals surface area (Å²) >= 11 is 1.68. The molecule has 4 amide bonds. The first-order chi connectivity index (χ1) is 14.1. The highest BCUT2D eigenvalue weighted by Gasteiger charge is 2.29. The summed E-state index contributed by atoms with van der Waals surface area (Å²) in [6, 6.07) is 11.2. The van der Waals surface area contributed by atoms with Gasteiger partial charge in [0.05, 0.1) is 12.6 Å². The summed E-state index contributed by atoms with van der Waals surface area (Å²) in [7, 11) is 0. The van der Waals surface area contributed by atoms with Crippen LogP contribution in [0.3, 0.4) is 0 Å². The van der Waals surface area contributed by atoms with E-state index in [0.29, 0.717) is 24.4 Å². The minimum absolute atomic E-state index is 0.0453. The molecule has 6 nitrogen and oxygen atoms in total. The van der Waals surface area contributed by atoms with Gasteiger partial charge in [-0.3, -0.25) is 14.5 Å². The zero-order valence-electron chi connectivity index (χ0n) is 16.2. The molecule has 0 unspecified atom stereocenters. The quantitative estimate of drug-likeness (QED) is 0.689. The molecule has 1 saturated carbocycles. The van der Waals surface area contributed by atoms with Gasteiger partial charge in [0.2, 0.25) is 11.8 Å². The van der Waals surface area contributed by atoms with Gasteiger partial charge >= 0.3 is 6.03 Å². The summed E-state index contributed by atoms with van der Waals surface area (Å²) in [5.74, 6) is 0.239. The zero-order valence-corrected chi connectivity index (χ0v) is 17.0. The first kappa shape index (κ1) is 19.6. The Bertz CT molecular complexity index is 857. The van der Waals surface area contributed by atoms with E-state index in [2.05, 4.69) is 16.7 Å². The van der Waals surface area contributed by atoms with Crippen LogP contribution in [0.1, 0.15) is 55.0 Å². The summed E-state index contributed by atoms with van der Waals surface area (Å²) in [5.41, 5.74) is 1.55. The molecule has 1 saturated heterocycles. The van der Waals surface area contributed by atoms with Gasteiger partial charge in [-0.2, -0.15) is 0 Å². The Morgan fingerprint density at radius 2 is 1.76 bits per heavy atom. The maximum Gasteiger partial charge on any atom is 0.319 e. The summed E-state index contributed by atoms with van der Waals surface area (Å²) in [4.78, 5) is 38.6. The molecule has 152 valence electrons. The van der Waals surface area contributed by atoms with E-state index >= 15 is 0 Å². The number of hydrogen-bond acceptors (Lipinski definition) is 4. The van der Waals surface area contributed by atoms with Crippen molar-refractivity contribution in [3.8, 4) is 0 Å². The number of urea groups is 1. The van der Waals surface area contributed by atoms with Crippen molar-refractivity contribution in [1.29, 1.82) is 0 Å². The monoisotopic (exact) mass is 411 g/mol. The molecule has 2 N–H and O–H groups in total. The average molecular weight is 412 g/mol. The number of hydrogen-bond donors (Lipinski definition) is 2. The third-order valence-electron chi connectivity index (χ3n) is 5.71. The zero-order chi connectivity index (χ0) is 20.2. The highest BCUT2D eigenvalue weighted by molar-refractivity contribution is 7.10. The number of amides is 4. The van der Waals surface area contributed by atoms with Crippen molar-refractivity contribution in [1.82, 2.24) is 10.2 Å². The normalized spacial score (nSPS) is 18.3. The van der Waals surface area contributed by atoms with Crippen LogP contribution in [0.25, 0.3) is 0 Å². The Balaban J connectivity index is 1.36. The summed E-state index contributed by atoms with van der Waals surface area (Å²) in [6.07, 6.45) is 5.33. The first-order valence-electron chi connectivity index (χ1n) is 10.1. The van der Waals surface area contributed by atoms with Crippen LogP contribution in [0.15, 0.2) is 41.8 Å². The van der Waals surface area contributed by atoms with Crippen molar-refractivity contribution in [2.24, 2.45) is 5.92 Å². The molecule has 29 heavy (non-hydrogen) atoms. The lowest BCUT2D eigenvalue weighted by Gasteiger charge is -2.24. The molecule has 1 aliphatic carbocycles. The minimum atomic E-state index is -0.215. The maximum absolute atomic E-state index is 12.6. The van der Waals surface area contributed by atoms with Crippen LogP contribution in [-0.2, 0) is 16.1 Å². The number of nitrogens with one attached hydrogen (secondary N) is 2. The second-order valence-corrected chi connectivity index (χ2v) is 8.69. The molecule has 0 bridgehead atoms. The third kappa shape index (κ3) is 4.67. The SMILES string of the molecule is O=C(Nc1ccc(CN2C(=O)CCC2=O)cc1)N[C@@H](c1cccs1)C1CCCC1. The molecule has 2 heterocycles. The fourth-order valence-electron chi connectivity index (χ4n) is 4.16. The smallest absolute Gasteiger partial charge is 0.319 e.